The van der Waals surface area contributed by atoms with Gasteiger partial charge in [-0.05, 0) is 35.9 Å². The lowest BCUT2D eigenvalue weighted by Crippen LogP contribution is -2.11. The molecule has 2 aromatic carbocycles. The van der Waals surface area contributed by atoms with Crippen LogP contribution < -0.4 is 5.32 Å². The Balaban J connectivity index is 1.72. The molecule has 0 radical (unpaired) electrons. The van der Waals surface area contributed by atoms with E-state index < -0.39 is 5.97 Å². The molecule has 132 valence electrons. The van der Waals surface area contributed by atoms with E-state index in [0.717, 1.165) is 5.56 Å². The van der Waals surface area contributed by atoms with Gasteiger partial charge in [-0.3, -0.25) is 9.48 Å². The minimum absolute atomic E-state index is 0.254. The minimum atomic E-state index is -0.399. The van der Waals surface area contributed by atoms with Crippen molar-refractivity contribution in [1.82, 2.24) is 9.78 Å². The van der Waals surface area contributed by atoms with Crippen LogP contribution in [0.15, 0.2) is 60.9 Å². The molecule has 1 amide bonds. The molecule has 6 nitrogen and oxygen atoms in total. The molecule has 0 unspecified atom stereocenters. The summed E-state index contributed by atoms with van der Waals surface area (Å²) in [6, 6.07) is 13.8. The van der Waals surface area contributed by atoms with Crippen molar-refractivity contribution in [2.24, 2.45) is 0 Å². The van der Waals surface area contributed by atoms with Gasteiger partial charge in [-0.15, -0.1) is 0 Å². The Bertz CT molecular complexity index is 935. The van der Waals surface area contributed by atoms with E-state index >= 15 is 0 Å². The number of hydrogen-bond donors (Lipinski definition) is 1. The van der Waals surface area contributed by atoms with Crippen LogP contribution in [-0.2, 0) is 11.3 Å². The van der Waals surface area contributed by atoms with Gasteiger partial charge in [0.1, 0.15) is 0 Å². The van der Waals surface area contributed by atoms with Crippen molar-refractivity contribution in [1.29, 1.82) is 0 Å². The molecule has 3 rings (SSSR count). The summed E-state index contributed by atoms with van der Waals surface area (Å²) in [6.07, 6.45) is 3.25. The van der Waals surface area contributed by atoms with Crippen LogP contribution in [0.2, 0.25) is 5.02 Å². The van der Waals surface area contributed by atoms with E-state index in [2.05, 4.69) is 10.4 Å². The van der Waals surface area contributed by atoms with Crippen molar-refractivity contribution in [2.45, 2.75) is 6.54 Å². The van der Waals surface area contributed by atoms with Gasteiger partial charge in [0.15, 0.2) is 0 Å². The van der Waals surface area contributed by atoms with Crippen LogP contribution >= 0.6 is 11.6 Å². The number of carbonyl (C=O) groups is 2. The molecule has 26 heavy (non-hydrogen) atoms. The van der Waals surface area contributed by atoms with Crippen LogP contribution in [0.4, 0.5) is 5.69 Å². The molecule has 0 saturated carbocycles. The van der Waals surface area contributed by atoms with Gasteiger partial charge in [0, 0.05) is 16.8 Å². The van der Waals surface area contributed by atoms with E-state index in [-0.39, 0.29) is 5.91 Å². The van der Waals surface area contributed by atoms with Crippen LogP contribution in [-0.4, -0.2) is 28.8 Å². The summed E-state index contributed by atoms with van der Waals surface area (Å²) in [5.41, 5.74) is 2.31. The van der Waals surface area contributed by atoms with E-state index in [1.807, 2.05) is 12.1 Å². The first kappa shape index (κ1) is 17.7. The van der Waals surface area contributed by atoms with Gasteiger partial charge in [0.25, 0.3) is 5.91 Å². The Morgan fingerprint density at radius 1 is 1.15 bits per heavy atom. The highest BCUT2D eigenvalue weighted by Crippen LogP contribution is 2.15. The molecule has 0 spiro atoms. The summed E-state index contributed by atoms with van der Waals surface area (Å²) in [4.78, 5) is 24.1. The van der Waals surface area contributed by atoms with E-state index in [4.69, 9.17) is 16.3 Å². The van der Waals surface area contributed by atoms with E-state index in [1.54, 1.807) is 53.5 Å². The molecule has 1 aromatic heterocycles. The average Bonchev–Trinajstić information content (AvgIpc) is 3.09. The van der Waals surface area contributed by atoms with Crippen LogP contribution in [0.1, 0.15) is 26.3 Å². The first-order valence-electron chi connectivity index (χ1n) is 7.82. The second kappa shape index (κ2) is 7.84. The second-order valence-corrected chi connectivity index (χ2v) is 5.97. The summed E-state index contributed by atoms with van der Waals surface area (Å²) >= 11 is 5.82. The summed E-state index contributed by atoms with van der Waals surface area (Å²) in [6.45, 7) is 0.377. The maximum absolute atomic E-state index is 12.2. The zero-order valence-corrected chi connectivity index (χ0v) is 14.7. The Morgan fingerprint density at radius 2 is 1.88 bits per heavy atom. The number of esters is 1. The predicted octanol–water partition coefficient (Wildman–Crippen LogP) is 3.62. The third-order valence-electron chi connectivity index (χ3n) is 3.75. The number of anilines is 1. The number of carbonyl (C=O) groups excluding carboxylic acids is 2. The first-order valence-corrected chi connectivity index (χ1v) is 8.20. The zero-order valence-electron chi connectivity index (χ0n) is 14.0. The lowest BCUT2D eigenvalue weighted by Gasteiger charge is -2.07. The van der Waals surface area contributed by atoms with Gasteiger partial charge in [-0.25, -0.2) is 4.79 Å². The quantitative estimate of drug-likeness (QED) is 0.697. The minimum Gasteiger partial charge on any atom is -0.465 e. The SMILES string of the molecule is COC(=O)c1ccccc1Cn1cc(NC(=O)c2ccc(Cl)cc2)cn1. The highest BCUT2D eigenvalue weighted by Gasteiger charge is 2.12. The lowest BCUT2D eigenvalue weighted by atomic mass is 10.1. The number of halogens is 1. The number of nitrogens with one attached hydrogen (secondary N) is 1. The fourth-order valence-corrected chi connectivity index (χ4v) is 2.59. The Labute approximate surface area is 155 Å². The van der Waals surface area contributed by atoms with Crippen LogP contribution in [0, 0.1) is 0 Å². The molecule has 1 N–H and O–H groups in total. The van der Waals surface area contributed by atoms with Crippen LogP contribution in [0.3, 0.4) is 0 Å². The number of nitrogens with zero attached hydrogens (tertiary/aromatic N) is 2. The third-order valence-corrected chi connectivity index (χ3v) is 4.00. The van der Waals surface area contributed by atoms with Crippen LogP contribution in [0.25, 0.3) is 0 Å². The highest BCUT2D eigenvalue weighted by molar-refractivity contribution is 6.30. The van der Waals surface area contributed by atoms with E-state index in [1.165, 1.54) is 7.11 Å². The van der Waals surface area contributed by atoms with Crippen molar-refractivity contribution in [3.05, 3.63) is 82.6 Å². The summed E-state index contributed by atoms with van der Waals surface area (Å²) in [5.74, 6) is -0.653. The van der Waals surface area contributed by atoms with Gasteiger partial charge in [0.2, 0.25) is 0 Å². The fraction of sp³-hybridized carbons (Fsp3) is 0.105. The topological polar surface area (TPSA) is 73.2 Å². The van der Waals surface area contributed by atoms with E-state index in [9.17, 15) is 9.59 Å². The van der Waals surface area contributed by atoms with Crippen molar-refractivity contribution < 1.29 is 14.3 Å². The summed E-state index contributed by atoms with van der Waals surface area (Å²) in [5, 5.41) is 7.57. The number of ether oxygens (including phenoxy) is 1. The largest absolute Gasteiger partial charge is 0.465 e. The molecule has 0 aliphatic heterocycles. The van der Waals surface area contributed by atoms with Crippen molar-refractivity contribution in [3.63, 3.8) is 0 Å². The van der Waals surface area contributed by atoms with Gasteiger partial charge >= 0.3 is 5.97 Å². The number of aromatic nitrogens is 2. The molecule has 3 aromatic rings. The van der Waals surface area contributed by atoms with Gasteiger partial charge in [-0.2, -0.15) is 5.10 Å². The molecular weight excluding hydrogens is 354 g/mol. The maximum atomic E-state index is 12.2. The monoisotopic (exact) mass is 369 g/mol. The lowest BCUT2D eigenvalue weighted by molar-refractivity contribution is 0.0599. The third kappa shape index (κ3) is 4.10. The van der Waals surface area contributed by atoms with Crippen molar-refractivity contribution >= 4 is 29.2 Å². The summed E-state index contributed by atoms with van der Waals surface area (Å²) < 4.78 is 6.43. The number of methoxy groups -OCH3 is 1. The van der Waals surface area contributed by atoms with Crippen molar-refractivity contribution in [2.75, 3.05) is 12.4 Å². The molecule has 0 saturated heterocycles. The zero-order chi connectivity index (χ0) is 18.5. The molecule has 7 heteroatoms. The normalized spacial score (nSPS) is 10.4. The number of benzene rings is 2. The molecule has 0 aliphatic carbocycles. The first-order chi connectivity index (χ1) is 12.6. The van der Waals surface area contributed by atoms with Crippen LogP contribution in [0.5, 0.6) is 0 Å². The van der Waals surface area contributed by atoms with Gasteiger partial charge in [0.05, 0.1) is 31.1 Å². The Hall–Kier alpha value is -3.12. The Kier molecular flexibility index (Phi) is 5.34. The Morgan fingerprint density at radius 3 is 2.62 bits per heavy atom. The van der Waals surface area contributed by atoms with Crippen molar-refractivity contribution in [3.8, 4) is 0 Å². The molecule has 0 atom stereocenters. The smallest absolute Gasteiger partial charge is 0.338 e. The number of hydrogen-bond acceptors (Lipinski definition) is 4. The molecule has 0 aliphatic rings. The van der Waals surface area contributed by atoms with E-state index in [0.29, 0.717) is 28.4 Å². The maximum Gasteiger partial charge on any atom is 0.338 e. The fourth-order valence-electron chi connectivity index (χ4n) is 2.46. The van der Waals surface area contributed by atoms with Gasteiger partial charge < -0.3 is 10.1 Å². The standard InChI is InChI=1S/C19H16ClN3O3/c1-26-19(25)17-5-3-2-4-14(17)11-23-12-16(10-21-23)22-18(24)13-6-8-15(20)9-7-13/h2-10,12H,11H2,1H3,(H,22,24). The second-order valence-electron chi connectivity index (χ2n) is 5.54. The summed E-state index contributed by atoms with van der Waals surface area (Å²) in [7, 11) is 1.34. The molecule has 1 heterocycles. The average molecular weight is 370 g/mol. The number of amides is 1. The molecule has 0 fully saturated rings. The highest BCUT2D eigenvalue weighted by atomic mass is 35.5. The molecular formula is C19H16ClN3O3. The molecule has 0 bridgehead atoms. The van der Waals surface area contributed by atoms with Gasteiger partial charge in [-0.1, -0.05) is 29.8 Å². The number of rotatable bonds is 5. The predicted molar refractivity (Wildman–Crippen MR) is 98.5 cm³/mol.